The molecular weight excluding hydrogens is 1540 g/mol. The number of fused-ring (bicyclic) bond motifs is 8. The summed E-state index contributed by atoms with van der Waals surface area (Å²) in [6.07, 6.45) is 33.4. The number of nitrogens with one attached hydrogen (secondary N) is 13. The Morgan fingerprint density at radius 1 is 0.430 bits per heavy atom. The van der Waals surface area contributed by atoms with Crippen molar-refractivity contribution < 1.29 is 50.4 Å². The van der Waals surface area contributed by atoms with Gasteiger partial charge in [0.1, 0.15) is 34.3 Å². The van der Waals surface area contributed by atoms with Crippen molar-refractivity contribution in [2.24, 2.45) is 5.73 Å². The van der Waals surface area contributed by atoms with Gasteiger partial charge in [-0.2, -0.15) is 20.4 Å². The highest BCUT2D eigenvalue weighted by Gasteiger charge is 2.32. The number of hydrogen-bond donors (Lipinski definition) is 14. The summed E-state index contributed by atoms with van der Waals surface area (Å²) in [6.45, 7) is 3.61. The molecule has 606 valence electrons. The van der Waals surface area contributed by atoms with Crippen LogP contribution in [0.1, 0.15) is 160 Å². The van der Waals surface area contributed by atoms with Crippen LogP contribution in [0.4, 0.5) is 41.9 Å². The van der Waals surface area contributed by atoms with E-state index in [4.69, 9.17) is 24.9 Å². The highest BCUT2D eigenvalue weighted by atomic mass is 32.2. The molecule has 4 unspecified atom stereocenters. The van der Waals surface area contributed by atoms with Crippen LogP contribution in [0, 0.1) is 19.1 Å². The number of nitrogens with zero attached hydrogens (tertiary/aromatic N) is 9. The molecule has 0 saturated carbocycles. The highest BCUT2D eigenvalue weighted by Crippen LogP contribution is 2.43. The van der Waals surface area contributed by atoms with Gasteiger partial charge < -0.3 is 37.2 Å². The molecule has 4 aromatic carbocycles. The molecule has 8 aliphatic carbocycles. The predicted molar refractivity (Wildman–Crippen MR) is 428 cm³/mol. The van der Waals surface area contributed by atoms with Crippen molar-refractivity contribution in [1.82, 2.24) is 68.2 Å². The Morgan fingerprint density at radius 2 is 0.702 bits per heavy atom. The van der Waals surface area contributed by atoms with Gasteiger partial charge in [0.05, 0.1) is 18.6 Å². The van der Waals surface area contributed by atoms with Crippen LogP contribution in [-0.2, 0) is 176 Å². The molecule has 4 heterocycles. The topological polar surface area (TPSA) is 492 Å². The van der Waals surface area contributed by atoms with Gasteiger partial charge in [0, 0.05) is 74.7 Å². The van der Waals surface area contributed by atoms with Crippen molar-refractivity contribution >= 4 is 104 Å². The fourth-order valence-electron chi connectivity index (χ4n) is 16.3. The molecule has 11 amide bonds. The van der Waals surface area contributed by atoms with Crippen molar-refractivity contribution in [1.29, 1.82) is 19.1 Å². The number of benzene rings is 4. The first-order chi connectivity index (χ1) is 54.3. The lowest BCUT2D eigenvalue weighted by Gasteiger charge is -2.17. The maximum atomic E-state index is 12.8. The first-order valence-electron chi connectivity index (χ1n) is 38.3. The lowest BCUT2D eigenvalue weighted by molar-refractivity contribution is -0.129. The zero-order valence-electron chi connectivity index (χ0n) is 64.3. The number of likely N-dealkylation sites (N-methyl/N-ethyl adjacent to an activating group) is 2. The molecule has 0 radical (unpaired) electrons. The minimum atomic E-state index is -3.62. The molecule has 16 rings (SSSR count). The number of carbonyl (C=O) groups excluding carboxylic acids is 7. The van der Waals surface area contributed by atoms with Crippen LogP contribution >= 0.6 is 0 Å². The van der Waals surface area contributed by atoms with E-state index in [0.29, 0.717) is 0 Å². The molecule has 0 spiro atoms. The number of nitrogens with two attached hydrogens (primary N) is 1. The molecule has 0 bridgehead atoms. The summed E-state index contributed by atoms with van der Waals surface area (Å²) in [5.74, 6) is -1.06. The average molecular weight is 1640 g/mol. The number of urea groups is 4. The molecule has 38 heteroatoms. The van der Waals surface area contributed by atoms with Crippen LogP contribution in [0.25, 0.3) is 0 Å². The second-order valence-corrected chi connectivity index (χ2v) is 37.3. The average Bonchev–Trinajstić information content (AvgIpc) is 1.54. The Labute approximate surface area is 662 Å². The van der Waals surface area contributed by atoms with Gasteiger partial charge in [0.2, 0.25) is 17.7 Å². The smallest absolute Gasteiger partial charge is 0.332 e. The lowest BCUT2D eigenvalue weighted by Crippen LogP contribution is -2.34. The molecule has 15 N–H and O–H groups in total. The van der Waals surface area contributed by atoms with Crippen LogP contribution in [0.5, 0.6) is 0 Å². The third kappa shape index (κ3) is 18.3. The Bertz CT molecular complexity index is 5530. The second-order valence-electron chi connectivity index (χ2n) is 30.2. The van der Waals surface area contributed by atoms with E-state index in [1.807, 2.05) is 13.8 Å². The second kappa shape index (κ2) is 33.6. The van der Waals surface area contributed by atoms with Gasteiger partial charge in [0.15, 0.2) is 44.7 Å². The van der Waals surface area contributed by atoms with E-state index in [1.165, 1.54) is 125 Å². The summed E-state index contributed by atoms with van der Waals surface area (Å²) in [6, 6.07) is 8.08. The Morgan fingerprint density at radius 3 is 0.956 bits per heavy atom. The lowest BCUT2D eigenvalue weighted by atomic mass is 9.99. The van der Waals surface area contributed by atoms with E-state index in [-0.39, 0.29) is 57.2 Å². The number of rotatable bonds is 19. The summed E-state index contributed by atoms with van der Waals surface area (Å²) in [4.78, 5) is 86.1. The molecule has 34 nitrogen and oxygen atoms in total. The van der Waals surface area contributed by atoms with Crippen molar-refractivity contribution in [3.63, 3.8) is 0 Å². The quantitative estimate of drug-likeness (QED) is 0.0359. The van der Waals surface area contributed by atoms with Gasteiger partial charge in [-0.1, -0.05) is 24.3 Å². The molecule has 8 aliphatic rings. The van der Waals surface area contributed by atoms with E-state index in [0.717, 1.165) is 210 Å². The number of hydrogen-bond acceptors (Lipinski definition) is 19. The molecule has 8 aromatic rings. The number of carbonyl (C=O) groups is 7. The summed E-state index contributed by atoms with van der Waals surface area (Å²) in [5.41, 5.74) is 28.1. The van der Waals surface area contributed by atoms with Crippen LogP contribution in [0.2, 0.25) is 0 Å². The summed E-state index contributed by atoms with van der Waals surface area (Å²) >= 11 is 0. The fraction of sp³-hybridized carbons (Fsp3) is 0.434. The number of amides is 11. The van der Waals surface area contributed by atoms with Crippen molar-refractivity contribution in [3.8, 4) is 0 Å². The molecule has 0 fully saturated rings. The van der Waals surface area contributed by atoms with E-state index in [1.54, 1.807) is 25.0 Å². The zero-order chi connectivity index (χ0) is 81.1. The van der Waals surface area contributed by atoms with Gasteiger partial charge in [-0.25, -0.2) is 74.0 Å². The first-order valence-corrected chi connectivity index (χ1v) is 44.5. The van der Waals surface area contributed by atoms with Crippen molar-refractivity contribution in [3.05, 3.63) is 163 Å². The van der Waals surface area contributed by atoms with Gasteiger partial charge in [0.25, 0.3) is 0 Å². The summed E-state index contributed by atoms with van der Waals surface area (Å²) in [7, 11) is -9.59. The Balaban J connectivity index is 0.000000133. The molecule has 0 saturated heterocycles. The van der Waals surface area contributed by atoms with Crippen LogP contribution in [-0.4, -0.2) is 124 Å². The standard InChI is InChI=1S/C20H26N6O3S.C19H24N6O3S.C19H25N5O2S.C18H22N6O3S/c1-25(2)18(27)12-26-11-15(10-22-26)30(21,29)24-20(28)23-19-16-7-3-5-13(16)9-14-6-4-8-17(14)19;1-21-17(26)11-25-10-14(9-22-25)29(20,28)24-19(27)23-18-15-6-2-4-12(15)8-13-5-3-7-16(13)18;1-12(2)24-10-9-17(22-24)27(20,26)23-19(25)21-18-15-7-3-5-13(15)11-14-6-4-8-16(14)18;19-16(25)10-24-9-13(8-21-24)28(20,27)23-18(26)22-17-14-5-1-3-11(14)7-12-4-2-6-15(12)17/h9-11H,3-8,12H2,1-2H3,(H3,21,23,24,28,29);8-10H,2-7,11H2,1H3,(H,21,26)(H3,20,23,24,27,28);9-12H,3-8H2,1-2H3,(H3,20,21,23,25,26);7-9H,1-6,10H2,(H2,19,25)(H3,20,22,23,26,27). The minimum absolute atomic E-state index is 0.00687. The molecular formula is C76H97N23O11S4. The third-order valence-electron chi connectivity index (χ3n) is 21.7. The fourth-order valence-corrected chi connectivity index (χ4v) is 19.9. The number of anilines is 4. The third-order valence-corrected chi connectivity index (χ3v) is 27.0. The monoisotopic (exact) mass is 1640 g/mol. The van der Waals surface area contributed by atoms with E-state index < -0.39 is 69.7 Å². The van der Waals surface area contributed by atoms with Gasteiger partial charge in [-0.3, -0.25) is 33.1 Å². The first kappa shape index (κ1) is 81.0. The predicted octanol–water partition coefficient (Wildman–Crippen LogP) is 8.91. The number of aryl methyl sites for hydroxylation is 8. The maximum absolute atomic E-state index is 12.8. The Kier molecular flexibility index (Phi) is 23.9. The van der Waals surface area contributed by atoms with Crippen molar-refractivity contribution in [2.75, 3.05) is 42.4 Å². The minimum Gasteiger partial charge on any atom is -0.368 e. The maximum Gasteiger partial charge on any atom is 0.332 e. The highest BCUT2D eigenvalue weighted by molar-refractivity contribution is 7.92. The Hall–Kier alpha value is -11.0. The molecule has 114 heavy (non-hydrogen) atoms. The number of primary amides is 1. The van der Waals surface area contributed by atoms with E-state index in [2.05, 4.69) is 90.1 Å². The van der Waals surface area contributed by atoms with Crippen LogP contribution < -0.4 is 51.2 Å². The van der Waals surface area contributed by atoms with E-state index >= 15 is 0 Å². The van der Waals surface area contributed by atoms with Crippen LogP contribution in [0.3, 0.4) is 0 Å². The number of aromatic nitrogens is 8. The van der Waals surface area contributed by atoms with Gasteiger partial charge in [-0.05, 0) is 263 Å². The van der Waals surface area contributed by atoms with Crippen molar-refractivity contribution in [2.45, 2.75) is 213 Å². The summed E-state index contributed by atoms with van der Waals surface area (Å²) in [5, 5.41) is 30.0. The SMILES string of the molecule is CC(C)n1ccc(S(=N)(=O)NC(=O)Nc2c3c(cc4c2CCC4)CCC3)n1.CN(C)C(=O)Cn1cc(S(=N)(=O)NC(=O)Nc2c3c(cc4c2CCC4)CCC3)cn1.CNC(=O)Cn1cc(S(=N)(=O)NC(=O)Nc2c3c(cc4c2CCC4)CCC3)cn1.N=S(=O)(NC(=O)Nc1c2c(cc3c1CCC3)CCC2)c1cnn(CC(N)=O)c1. The van der Waals surface area contributed by atoms with Gasteiger partial charge >= 0.3 is 24.1 Å². The molecule has 4 atom stereocenters. The summed E-state index contributed by atoms with van der Waals surface area (Å²) < 4.78 is 97.9. The largest absolute Gasteiger partial charge is 0.368 e. The normalized spacial score (nSPS) is 16.8. The zero-order valence-corrected chi connectivity index (χ0v) is 67.6. The molecule has 0 aliphatic heterocycles. The van der Waals surface area contributed by atoms with E-state index in [9.17, 15) is 50.4 Å². The van der Waals surface area contributed by atoms with Crippen LogP contribution in [0.15, 0.2) is 93.4 Å². The molecule has 4 aromatic heterocycles. The van der Waals surface area contributed by atoms with Gasteiger partial charge in [-0.15, -0.1) is 0 Å².